The number of benzene rings is 1. The van der Waals surface area contributed by atoms with Gasteiger partial charge in [-0.25, -0.2) is 0 Å². The van der Waals surface area contributed by atoms with Crippen LogP contribution in [-0.4, -0.2) is 60.2 Å². The molecule has 0 radical (unpaired) electrons. The number of nitriles is 1. The maximum absolute atomic E-state index is 14.0. The van der Waals surface area contributed by atoms with E-state index in [9.17, 15) is 10.1 Å². The lowest BCUT2D eigenvalue weighted by molar-refractivity contribution is -0.0620. The van der Waals surface area contributed by atoms with E-state index in [-0.39, 0.29) is 23.4 Å². The van der Waals surface area contributed by atoms with Crippen LogP contribution in [0.5, 0.6) is 0 Å². The highest BCUT2D eigenvalue weighted by atomic mass is 16.5. The van der Waals surface area contributed by atoms with Crippen LogP contribution in [0.25, 0.3) is 10.9 Å². The highest BCUT2D eigenvalue weighted by Crippen LogP contribution is 2.49. The third-order valence-electron chi connectivity index (χ3n) is 8.32. The predicted molar refractivity (Wildman–Crippen MR) is 139 cm³/mol. The fourth-order valence-corrected chi connectivity index (χ4v) is 6.25. The number of fused-ring (bicyclic) bond motifs is 3. The number of rotatable bonds is 4. The van der Waals surface area contributed by atoms with Gasteiger partial charge in [-0.1, -0.05) is 26.0 Å². The van der Waals surface area contributed by atoms with Gasteiger partial charge in [0.05, 0.1) is 48.7 Å². The van der Waals surface area contributed by atoms with Crippen LogP contribution in [0.3, 0.4) is 0 Å². The van der Waals surface area contributed by atoms with Gasteiger partial charge in [0, 0.05) is 47.1 Å². The van der Waals surface area contributed by atoms with Crippen molar-refractivity contribution < 1.29 is 14.3 Å². The van der Waals surface area contributed by atoms with Crippen molar-refractivity contribution in [3.63, 3.8) is 0 Å². The molecule has 0 spiro atoms. The van der Waals surface area contributed by atoms with Gasteiger partial charge in [0.25, 0.3) is 0 Å². The maximum Gasteiger partial charge on any atom is 0.195 e. The lowest BCUT2D eigenvalue weighted by atomic mass is 9.66. The number of hydrogen-bond donors (Lipinski definition) is 1. The standard InChI is InChI=1S/C30H33N3O3/c1-17(2)36-26-13-24-23(12-22(26)19-7-9-33(10-8-19)20-15-35-16-20)28(34)27-21-6-5-18(14-31)11-25(21)32-29(27)30(24,3)4/h5-7,11-12,17,20,26,32H,8-10,13,15-16H2,1-4H3. The normalized spacial score (nSPS) is 24.2. The molecule has 1 N–H and O–H groups in total. The number of H-pyrrole nitrogens is 1. The summed E-state index contributed by atoms with van der Waals surface area (Å²) < 4.78 is 11.9. The van der Waals surface area contributed by atoms with E-state index in [0.29, 0.717) is 18.0 Å². The molecule has 0 amide bonds. The second-order valence-corrected chi connectivity index (χ2v) is 11.2. The SMILES string of the molecule is CC(C)OC1CC2=C(C=C1C1=CCN(C3COC3)CC1)C(=O)c1c([nH]c3cc(C#N)ccc13)C2(C)C. The van der Waals surface area contributed by atoms with Gasteiger partial charge in [0.2, 0.25) is 0 Å². The second kappa shape index (κ2) is 8.55. The molecule has 1 saturated heterocycles. The zero-order chi connectivity index (χ0) is 25.2. The number of Topliss-reactive ketones (excluding diaryl/α,β-unsaturated/α-hetero) is 1. The number of carbonyl (C=O) groups excluding carboxylic acids is 1. The van der Waals surface area contributed by atoms with Crippen LogP contribution in [0, 0.1) is 11.3 Å². The Morgan fingerprint density at radius 1 is 1.28 bits per heavy atom. The minimum Gasteiger partial charge on any atom is -0.378 e. The Labute approximate surface area is 212 Å². The average Bonchev–Trinajstić information content (AvgIpc) is 3.22. The molecule has 6 nitrogen and oxygen atoms in total. The topological polar surface area (TPSA) is 78.3 Å². The van der Waals surface area contributed by atoms with Crippen molar-refractivity contribution in [1.29, 1.82) is 5.26 Å². The van der Waals surface area contributed by atoms with Crippen LogP contribution in [0.15, 0.2) is 52.6 Å². The first kappa shape index (κ1) is 23.4. The van der Waals surface area contributed by atoms with E-state index < -0.39 is 0 Å². The summed E-state index contributed by atoms with van der Waals surface area (Å²) >= 11 is 0. The van der Waals surface area contributed by atoms with Crippen molar-refractivity contribution in [1.82, 2.24) is 9.88 Å². The van der Waals surface area contributed by atoms with Crippen molar-refractivity contribution in [3.8, 4) is 6.07 Å². The van der Waals surface area contributed by atoms with Gasteiger partial charge in [0.15, 0.2) is 5.78 Å². The fourth-order valence-electron chi connectivity index (χ4n) is 6.25. The van der Waals surface area contributed by atoms with Crippen LogP contribution >= 0.6 is 0 Å². The van der Waals surface area contributed by atoms with E-state index in [1.54, 1.807) is 6.07 Å². The quantitative estimate of drug-likeness (QED) is 0.665. The Kier molecular flexibility index (Phi) is 5.56. The minimum absolute atomic E-state index is 0.0698. The van der Waals surface area contributed by atoms with Gasteiger partial charge < -0.3 is 14.5 Å². The zero-order valence-electron chi connectivity index (χ0n) is 21.5. The van der Waals surface area contributed by atoms with Gasteiger partial charge in [0.1, 0.15) is 0 Å². The van der Waals surface area contributed by atoms with Crippen LogP contribution in [0.4, 0.5) is 0 Å². The molecule has 4 aliphatic rings. The monoisotopic (exact) mass is 483 g/mol. The molecular weight excluding hydrogens is 450 g/mol. The van der Waals surface area contributed by atoms with E-state index in [0.717, 1.165) is 71.6 Å². The average molecular weight is 484 g/mol. The summed E-state index contributed by atoms with van der Waals surface area (Å²) in [6.45, 7) is 12.1. The Morgan fingerprint density at radius 3 is 2.72 bits per heavy atom. The summed E-state index contributed by atoms with van der Waals surface area (Å²) in [5.74, 6) is 0.0698. The smallest absolute Gasteiger partial charge is 0.195 e. The third-order valence-corrected chi connectivity index (χ3v) is 8.32. The van der Waals surface area contributed by atoms with Crippen LogP contribution in [0.2, 0.25) is 0 Å². The first-order valence-electron chi connectivity index (χ1n) is 13.0. The van der Waals surface area contributed by atoms with Gasteiger partial charge in [-0.3, -0.25) is 9.69 Å². The number of allylic oxidation sites excluding steroid dienone is 2. The largest absolute Gasteiger partial charge is 0.378 e. The Morgan fingerprint density at radius 2 is 2.08 bits per heavy atom. The highest BCUT2D eigenvalue weighted by molar-refractivity contribution is 6.21. The Balaban J connectivity index is 1.43. The van der Waals surface area contributed by atoms with E-state index in [4.69, 9.17) is 9.47 Å². The van der Waals surface area contributed by atoms with Crippen LogP contribution in [-0.2, 0) is 14.9 Å². The molecule has 1 aromatic carbocycles. The molecule has 0 saturated carbocycles. The zero-order valence-corrected chi connectivity index (χ0v) is 21.5. The molecule has 36 heavy (non-hydrogen) atoms. The van der Waals surface area contributed by atoms with Crippen molar-refractivity contribution in [2.45, 2.75) is 64.2 Å². The highest BCUT2D eigenvalue weighted by Gasteiger charge is 2.44. The number of carbonyl (C=O) groups is 1. The molecule has 1 unspecified atom stereocenters. The molecule has 0 bridgehead atoms. The lowest BCUT2D eigenvalue weighted by Gasteiger charge is -2.42. The molecule has 2 aromatic rings. The van der Waals surface area contributed by atoms with Crippen LogP contribution in [0.1, 0.15) is 62.2 Å². The summed E-state index contributed by atoms with van der Waals surface area (Å²) in [7, 11) is 0. The predicted octanol–water partition coefficient (Wildman–Crippen LogP) is 4.96. The summed E-state index contributed by atoms with van der Waals surface area (Å²) in [5, 5.41) is 10.3. The second-order valence-electron chi connectivity index (χ2n) is 11.2. The minimum atomic E-state index is -0.354. The molecule has 6 rings (SSSR count). The van der Waals surface area contributed by atoms with E-state index >= 15 is 0 Å². The first-order valence-corrected chi connectivity index (χ1v) is 13.0. The number of hydrogen-bond acceptors (Lipinski definition) is 5. The van der Waals surface area contributed by atoms with Crippen molar-refractivity contribution >= 4 is 16.7 Å². The molecule has 1 aromatic heterocycles. The van der Waals surface area contributed by atoms with Gasteiger partial charge in [-0.2, -0.15) is 5.26 Å². The molecule has 186 valence electrons. The van der Waals surface area contributed by atoms with Gasteiger partial charge >= 0.3 is 0 Å². The van der Waals surface area contributed by atoms with Crippen molar-refractivity contribution in [2.24, 2.45) is 0 Å². The van der Waals surface area contributed by atoms with E-state index in [2.05, 4.69) is 55.8 Å². The molecule has 2 aliphatic carbocycles. The number of ketones is 1. The fraction of sp³-hybridized carbons (Fsp3) is 0.467. The number of nitrogens with one attached hydrogen (secondary N) is 1. The summed E-state index contributed by atoms with van der Waals surface area (Å²) in [6.07, 6.45) is 6.13. The van der Waals surface area contributed by atoms with Crippen molar-refractivity contribution in [3.05, 3.63) is 69.5 Å². The molecule has 1 atom stereocenters. The number of aromatic amines is 1. The van der Waals surface area contributed by atoms with Crippen molar-refractivity contribution in [2.75, 3.05) is 26.3 Å². The molecule has 3 heterocycles. The molecule has 6 heteroatoms. The van der Waals surface area contributed by atoms with Gasteiger partial charge in [-0.15, -0.1) is 0 Å². The number of aromatic nitrogens is 1. The summed E-state index contributed by atoms with van der Waals surface area (Å²) in [6, 6.07) is 8.28. The van der Waals surface area contributed by atoms with E-state index in [1.807, 2.05) is 12.1 Å². The molecule has 1 fully saturated rings. The third kappa shape index (κ3) is 3.61. The lowest BCUT2D eigenvalue weighted by Crippen LogP contribution is -2.50. The summed E-state index contributed by atoms with van der Waals surface area (Å²) in [5.41, 5.74) is 7.16. The first-order chi connectivity index (χ1) is 17.3. The molecule has 2 aliphatic heterocycles. The summed E-state index contributed by atoms with van der Waals surface area (Å²) in [4.78, 5) is 20.0. The molecular formula is C30H33N3O3. The Bertz CT molecular complexity index is 1390. The number of ether oxygens (including phenoxy) is 2. The van der Waals surface area contributed by atoms with E-state index in [1.165, 1.54) is 5.57 Å². The maximum atomic E-state index is 14.0. The Hall–Kier alpha value is -2.98. The van der Waals surface area contributed by atoms with Gasteiger partial charge in [-0.05, 0) is 55.2 Å². The van der Waals surface area contributed by atoms with Crippen LogP contribution < -0.4 is 0 Å². The number of nitrogens with zero attached hydrogens (tertiary/aromatic N) is 2.